The van der Waals surface area contributed by atoms with Crippen molar-refractivity contribution in [2.24, 2.45) is 5.41 Å². The molecule has 2 aliphatic rings. The maximum absolute atomic E-state index is 12.5. The van der Waals surface area contributed by atoms with Crippen LogP contribution in [0.2, 0.25) is 0 Å². The number of carbonyl (C=O) groups excluding carboxylic acids is 1. The summed E-state index contributed by atoms with van der Waals surface area (Å²) in [6, 6.07) is 0.102. The van der Waals surface area contributed by atoms with Crippen LogP contribution in [0.25, 0.3) is 0 Å². The van der Waals surface area contributed by atoms with Crippen molar-refractivity contribution in [2.75, 3.05) is 6.54 Å². The molecule has 0 unspecified atom stereocenters. The molecule has 102 valence electrons. The number of carbonyl (C=O) groups is 1. The van der Waals surface area contributed by atoms with E-state index in [0.717, 1.165) is 22.2 Å². The lowest BCUT2D eigenvalue weighted by molar-refractivity contribution is -0.140. The van der Waals surface area contributed by atoms with Gasteiger partial charge in [0, 0.05) is 29.8 Å². The Balaban J connectivity index is 2.00. The third-order valence-corrected chi connectivity index (χ3v) is 4.25. The highest BCUT2D eigenvalue weighted by Gasteiger charge is 2.45. The second-order valence-electron chi connectivity index (χ2n) is 6.24. The monoisotopic (exact) mass is 324 g/mol. The number of pyridine rings is 1. The van der Waals surface area contributed by atoms with E-state index in [9.17, 15) is 4.79 Å². The molecule has 1 aromatic heterocycles. The van der Waals surface area contributed by atoms with E-state index in [2.05, 4.69) is 20.9 Å². The van der Waals surface area contributed by atoms with Crippen LogP contribution < -0.4 is 4.74 Å². The Morgan fingerprint density at radius 2 is 2.21 bits per heavy atom. The molecule has 5 heteroatoms. The molecule has 1 saturated heterocycles. The fourth-order valence-corrected chi connectivity index (χ4v) is 3.24. The zero-order valence-electron chi connectivity index (χ0n) is 11.3. The van der Waals surface area contributed by atoms with Gasteiger partial charge in [-0.2, -0.15) is 0 Å². The number of fused-ring (bicyclic) bond motifs is 4. The van der Waals surface area contributed by atoms with Crippen LogP contribution in [0.5, 0.6) is 5.75 Å². The third kappa shape index (κ3) is 2.04. The van der Waals surface area contributed by atoms with Crippen molar-refractivity contribution in [3.05, 3.63) is 22.4 Å². The molecule has 3 rings (SSSR count). The minimum Gasteiger partial charge on any atom is -0.487 e. The van der Waals surface area contributed by atoms with Gasteiger partial charge >= 0.3 is 0 Å². The molecule has 2 atom stereocenters. The van der Waals surface area contributed by atoms with Crippen molar-refractivity contribution < 1.29 is 9.53 Å². The highest BCUT2D eigenvalue weighted by Crippen LogP contribution is 2.46. The largest absolute Gasteiger partial charge is 0.487 e. The second-order valence-corrected chi connectivity index (χ2v) is 7.09. The first-order valence-corrected chi connectivity index (χ1v) is 7.28. The van der Waals surface area contributed by atoms with Crippen LogP contribution in [-0.4, -0.2) is 28.4 Å². The minimum atomic E-state index is -0.364. The van der Waals surface area contributed by atoms with Gasteiger partial charge in [0.1, 0.15) is 11.9 Å². The topological polar surface area (TPSA) is 42.4 Å². The van der Waals surface area contributed by atoms with E-state index in [1.54, 1.807) is 6.20 Å². The summed E-state index contributed by atoms with van der Waals surface area (Å²) in [5.74, 6) is 1.02. The van der Waals surface area contributed by atoms with E-state index >= 15 is 0 Å². The quantitative estimate of drug-likeness (QED) is 0.736. The van der Waals surface area contributed by atoms with E-state index in [1.807, 2.05) is 31.9 Å². The Kier molecular flexibility index (Phi) is 2.85. The molecular formula is C14H17BrN2O2. The van der Waals surface area contributed by atoms with Gasteiger partial charge in [-0.3, -0.25) is 9.78 Å². The summed E-state index contributed by atoms with van der Waals surface area (Å²) in [5.41, 5.74) is 0.651. The number of halogens is 1. The van der Waals surface area contributed by atoms with Crippen LogP contribution in [0.1, 0.15) is 38.8 Å². The number of ether oxygens (including phenoxy) is 1. The minimum absolute atomic E-state index is 0.0995. The predicted molar refractivity (Wildman–Crippen MR) is 74.9 cm³/mol. The van der Waals surface area contributed by atoms with E-state index < -0.39 is 0 Å². The maximum atomic E-state index is 12.5. The molecule has 19 heavy (non-hydrogen) atoms. The standard InChI is InChI=1S/C14H17BrN2O2/c1-14(2,3)13(18)17-7-8-4-11(17)9-5-16-6-10(15)12(9)19-8/h5-6,8,11H,4,7H2,1-3H3/t8-,11-/m0/s1. The SMILES string of the molecule is CC(C)(C)C(=O)N1C[C@@H]2C[C@H]1c1cncc(Br)c1O2. The number of nitrogens with zero attached hydrogens (tertiary/aromatic N) is 2. The van der Waals surface area contributed by atoms with Crippen molar-refractivity contribution in [1.82, 2.24) is 9.88 Å². The number of rotatable bonds is 0. The van der Waals surface area contributed by atoms with Gasteiger partial charge in [-0.25, -0.2) is 0 Å². The molecule has 0 radical (unpaired) electrons. The first kappa shape index (κ1) is 12.9. The van der Waals surface area contributed by atoms with Crippen molar-refractivity contribution in [3.63, 3.8) is 0 Å². The molecule has 0 N–H and O–H groups in total. The number of hydrogen-bond acceptors (Lipinski definition) is 3. The molecule has 0 spiro atoms. The van der Waals surface area contributed by atoms with Crippen molar-refractivity contribution in [1.29, 1.82) is 0 Å². The summed E-state index contributed by atoms with van der Waals surface area (Å²) in [6.45, 7) is 6.54. The molecule has 1 fully saturated rings. The summed E-state index contributed by atoms with van der Waals surface area (Å²) in [7, 11) is 0. The van der Waals surface area contributed by atoms with Crippen molar-refractivity contribution in [2.45, 2.75) is 39.3 Å². The summed E-state index contributed by atoms with van der Waals surface area (Å²) in [4.78, 5) is 18.7. The van der Waals surface area contributed by atoms with Crippen molar-refractivity contribution in [3.8, 4) is 5.75 Å². The molecule has 2 bridgehead atoms. The number of aromatic nitrogens is 1. The maximum Gasteiger partial charge on any atom is 0.228 e. The Labute approximate surface area is 121 Å². The molecule has 1 amide bonds. The van der Waals surface area contributed by atoms with Gasteiger partial charge in [0.25, 0.3) is 0 Å². The van der Waals surface area contributed by atoms with Crippen LogP contribution in [0.4, 0.5) is 0 Å². The zero-order valence-corrected chi connectivity index (χ0v) is 12.9. The average molecular weight is 325 g/mol. The smallest absolute Gasteiger partial charge is 0.228 e. The van der Waals surface area contributed by atoms with Gasteiger partial charge in [0.15, 0.2) is 0 Å². The third-order valence-electron chi connectivity index (χ3n) is 3.69. The molecule has 0 aromatic carbocycles. The second kappa shape index (κ2) is 4.20. The fourth-order valence-electron chi connectivity index (χ4n) is 2.80. The lowest BCUT2D eigenvalue weighted by atomic mass is 9.93. The zero-order chi connectivity index (χ0) is 13.8. The van der Waals surface area contributed by atoms with Crippen molar-refractivity contribution >= 4 is 21.8 Å². The summed E-state index contributed by atoms with van der Waals surface area (Å²) >= 11 is 3.47. The molecule has 0 saturated carbocycles. The lowest BCUT2D eigenvalue weighted by Crippen LogP contribution is -2.39. The van der Waals surface area contributed by atoms with E-state index in [1.165, 1.54) is 0 Å². The van der Waals surface area contributed by atoms with E-state index in [-0.39, 0.29) is 23.5 Å². The summed E-state index contributed by atoms with van der Waals surface area (Å²) < 4.78 is 6.83. The number of hydrogen-bond donors (Lipinski definition) is 0. The Bertz CT molecular complexity index is 539. The van der Waals surface area contributed by atoms with Gasteiger partial charge in [-0.15, -0.1) is 0 Å². The van der Waals surface area contributed by atoms with E-state index in [0.29, 0.717) is 6.54 Å². The van der Waals surface area contributed by atoms with Gasteiger partial charge in [0.2, 0.25) is 5.91 Å². The first-order chi connectivity index (χ1) is 8.88. The molecule has 1 aromatic rings. The number of likely N-dealkylation sites (tertiary alicyclic amines) is 1. The normalized spacial score (nSPS) is 24.9. The fraction of sp³-hybridized carbons (Fsp3) is 0.571. The lowest BCUT2D eigenvalue weighted by Gasteiger charge is -2.31. The highest BCUT2D eigenvalue weighted by atomic mass is 79.9. The number of amides is 1. The Morgan fingerprint density at radius 1 is 1.47 bits per heavy atom. The molecule has 3 heterocycles. The first-order valence-electron chi connectivity index (χ1n) is 6.49. The van der Waals surface area contributed by atoms with Crippen LogP contribution in [0.15, 0.2) is 16.9 Å². The summed E-state index contributed by atoms with van der Waals surface area (Å²) in [6.07, 6.45) is 4.52. The van der Waals surface area contributed by atoms with Crippen LogP contribution in [0, 0.1) is 5.41 Å². The average Bonchev–Trinajstić information content (AvgIpc) is 2.67. The summed E-state index contributed by atoms with van der Waals surface area (Å²) in [5, 5.41) is 0. The highest BCUT2D eigenvalue weighted by molar-refractivity contribution is 9.10. The van der Waals surface area contributed by atoms with Crippen LogP contribution in [-0.2, 0) is 4.79 Å². The van der Waals surface area contributed by atoms with Gasteiger partial charge < -0.3 is 9.64 Å². The van der Waals surface area contributed by atoms with Crippen LogP contribution in [0.3, 0.4) is 0 Å². The Morgan fingerprint density at radius 3 is 2.89 bits per heavy atom. The molecular weight excluding hydrogens is 308 g/mol. The van der Waals surface area contributed by atoms with E-state index in [4.69, 9.17) is 4.74 Å². The molecule has 4 nitrogen and oxygen atoms in total. The van der Waals surface area contributed by atoms with Gasteiger partial charge in [0.05, 0.1) is 17.1 Å². The predicted octanol–water partition coefficient (Wildman–Crippen LogP) is 2.92. The molecule has 2 aliphatic heterocycles. The van der Waals surface area contributed by atoms with Crippen LogP contribution >= 0.6 is 15.9 Å². The van der Waals surface area contributed by atoms with Gasteiger partial charge in [-0.1, -0.05) is 20.8 Å². The Hall–Kier alpha value is -1.10. The molecule has 0 aliphatic carbocycles. The van der Waals surface area contributed by atoms with Gasteiger partial charge in [-0.05, 0) is 15.9 Å².